The zero-order valence-electron chi connectivity index (χ0n) is 16.7. The molecular formula is C20H13ClN6O4S2. The molecule has 4 rings (SSSR count). The van der Waals surface area contributed by atoms with Crippen LogP contribution >= 0.6 is 22.9 Å². The second-order valence-corrected chi connectivity index (χ2v) is 10.00. The van der Waals surface area contributed by atoms with Crippen molar-refractivity contribution in [1.29, 1.82) is 0 Å². The Bertz CT molecular complexity index is 1510. The molecular weight excluding hydrogens is 488 g/mol. The first kappa shape index (κ1) is 22.4. The van der Waals surface area contributed by atoms with Gasteiger partial charge in [-0.25, -0.2) is 28.1 Å². The molecule has 1 amide bonds. The van der Waals surface area contributed by atoms with Crippen molar-refractivity contribution in [2.24, 2.45) is 0 Å². The molecule has 0 radical (unpaired) electrons. The third kappa shape index (κ3) is 4.17. The lowest BCUT2D eigenvalue weighted by Crippen LogP contribution is -2.31. The van der Waals surface area contributed by atoms with Crippen LogP contribution in [0.4, 0.5) is 11.5 Å². The maximum absolute atomic E-state index is 13.6. The van der Waals surface area contributed by atoms with Crippen LogP contribution in [0.15, 0.2) is 58.7 Å². The Balaban J connectivity index is 2.00. The molecule has 3 aromatic heterocycles. The molecule has 166 valence electrons. The number of sulfone groups is 1. The van der Waals surface area contributed by atoms with Crippen LogP contribution < -0.4 is 10.0 Å². The highest BCUT2D eigenvalue weighted by molar-refractivity contribution is 7.92. The molecule has 0 bridgehead atoms. The predicted octanol–water partition coefficient (Wildman–Crippen LogP) is 3.83. The van der Waals surface area contributed by atoms with Crippen LogP contribution in [-0.4, -0.2) is 29.5 Å². The van der Waals surface area contributed by atoms with Gasteiger partial charge in [-0.2, -0.15) is 0 Å². The number of thiophene rings is 1. The second-order valence-electron chi connectivity index (χ2n) is 6.65. The van der Waals surface area contributed by atoms with E-state index in [1.165, 1.54) is 49.6 Å². The summed E-state index contributed by atoms with van der Waals surface area (Å²) in [6.07, 6.45) is 2.46. The number of H-pyrrole nitrogens is 1. The molecule has 0 saturated heterocycles. The first-order valence-electron chi connectivity index (χ1n) is 9.15. The summed E-state index contributed by atoms with van der Waals surface area (Å²) in [5.74, 6) is -0.352. The van der Waals surface area contributed by atoms with E-state index in [1.807, 2.05) is 0 Å². The van der Waals surface area contributed by atoms with Crippen molar-refractivity contribution >= 4 is 50.2 Å². The highest BCUT2D eigenvalue weighted by atomic mass is 35.5. The van der Waals surface area contributed by atoms with Crippen molar-refractivity contribution in [3.05, 3.63) is 70.6 Å². The van der Waals surface area contributed by atoms with Gasteiger partial charge in [0.1, 0.15) is 11.2 Å². The fourth-order valence-electron chi connectivity index (χ4n) is 3.06. The number of aromatic amines is 1. The Kier molecular flexibility index (Phi) is 5.86. The van der Waals surface area contributed by atoms with Crippen LogP contribution in [0.1, 0.15) is 6.92 Å². The van der Waals surface area contributed by atoms with Gasteiger partial charge in [0, 0.05) is 22.9 Å². The fraction of sp³-hybridized carbons (Fsp3) is 0.0500. The van der Waals surface area contributed by atoms with E-state index >= 15 is 0 Å². The summed E-state index contributed by atoms with van der Waals surface area (Å²) >= 11 is 6.91. The molecule has 1 aromatic carbocycles. The number of hydrogen-bond acceptors (Lipinski definition) is 7. The monoisotopic (exact) mass is 500 g/mol. The number of pyridine rings is 1. The molecule has 0 atom stereocenters. The number of nitrogens with one attached hydrogen (secondary N) is 2. The van der Waals surface area contributed by atoms with Crippen LogP contribution in [0, 0.1) is 11.8 Å². The van der Waals surface area contributed by atoms with E-state index < -0.39 is 15.7 Å². The first-order valence-corrected chi connectivity index (χ1v) is 11.8. The fourth-order valence-corrected chi connectivity index (χ4v) is 6.25. The average Bonchev–Trinajstić information content (AvgIpc) is 3.43. The minimum absolute atomic E-state index is 0.0497. The lowest BCUT2D eigenvalue weighted by molar-refractivity contribution is -0.589. The molecule has 3 heterocycles. The highest BCUT2D eigenvalue weighted by Gasteiger charge is 2.33. The van der Waals surface area contributed by atoms with Crippen LogP contribution in [0.2, 0.25) is 5.02 Å². The summed E-state index contributed by atoms with van der Waals surface area (Å²) in [4.78, 5) is 17.9. The zero-order chi connectivity index (χ0) is 23.8. The van der Waals surface area contributed by atoms with Crippen LogP contribution in [0.5, 0.6) is 0 Å². The number of halogens is 1. The van der Waals surface area contributed by atoms with Gasteiger partial charge in [-0.1, -0.05) is 11.6 Å². The summed E-state index contributed by atoms with van der Waals surface area (Å²) < 4.78 is 27.7. The van der Waals surface area contributed by atoms with Gasteiger partial charge in [0.05, 0.1) is 22.5 Å². The smallest absolute Gasteiger partial charge is 0.304 e. The number of anilines is 1. The molecule has 4 aromatic rings. The molecule has 0 saturated carbocycles. The number of rotatable bonds is 5. The Hall–Kier alpha value is -3.79. The minimum Gasteiger partial charge on any atom is -0.711 e. The van der Waals surface area contributed by atoms with E-state index in [4.69, 9.17) is 18.2 Å². The van der Waals surface area contributed by atoms with Crippen molar-refractivity contribution in [2.75, 3.05) is 5.32 Å². The molecule has 0 fully saturated rings. The van der Waals surface area contributed by atoms with Crippen LogP contribution in [0.25, 0.3) is 26.0 Å². The quantitative estimate of drug-likeness (QED) is 0.243. The van der Waals surface area contributed by atoms with E-state index in [0.717, 1.165) is 17.5 Å². The topological polar surface area (TPSA) is 136 Å². The Morgan fingerprint density at radius 3 is 2.61 bits per heavy atom. The summed E-state index contributed by atoms with van der Waals surface area (Å²) in [5, 5.41) is 22.5. The van der Waals surface area contributed by atoms with Gasteiger partial charge in [0.2, 0.25) is 5.69 Å². The standard InChI is InChI=1S/C20H13ClN6O4S2/c1-11(28)25-15-9-12(7-8-27(15)29)17-16(22-2)19(18(32-17)20-23-10-24-26-20)33(30,31)14-5-3-13(21)4-6-14/h3-10H,1H3,(H,25,28)(H,23,24,26). The Morgan fingerprint density at radius 2 is 2.00 bits per heavy atom. The van der Waals surface area contributed by atoms with Crippen molar-refractivity contribution in [2.45, 2.75) is 16.7 Å². The molecule has 2 N–H and O–H groups in total. The summed E-state index contributed by atoms with van der Waals surface area (Å²) in [6, 6.07) is 8.39. The van der Waals surface area contributed by atoms with Crippen molar-refractivity contribution in [3.8, 4) is 21.1 Å². The Labute approximate surface area is 196 Å². The molecule has 13 heteroatoms. The lowest BCUT2D eigenvalue weighted by atomic mass is 10.2. The maximum Gasteiger partial charge on any atom is 0.304 e. The minimum atomic E-state index is -4.17. The molecule has 0 aliphatic heterocycles. The SMILES string of the molecule is [C-]#[N+]c1c(-c2cc[n+]([O-])c(NC(C)=O)c2)sc(-c2nnc[nH]2)c1S(=O)(=O)c1ccc(Cl)cc1. The van der Waals surface area contributed by atoms with E-state index in [9.17, 15) is 18.4 Å². The third-order valence-corrected chi connectivity index (χ3v) is 7.91. The van der Waals surface area contributed by atoms with E-state index in [0.29, 0.717) is 15.3 Å². The summed E-state index contributed by atoms with van der Waals surface area (Å²) in [5.41, 5.74) is 0.235. The first-order chi connectivity index (χ1) is 15.7. The molecule has 0 aliphatic rings. The summed E-state index contributed by atoms with van der Waals surface area (Å²) in [7, 11) is -4.17. The molecule has 0 aliphatic carbocycles. The molecule has 0 unspecified atom stereocenters. The lowest BCUT2D eigenvalue weighted by Gasteiger charge is -2.09. The maximum atomic E-state index is 13.6. The molecule has 33 heavy (non-hydrogen) atoms. The molecule has 0 spiro atoms. The van der Waals surface area contributed by atoms with Gasteiger partial charge in [-0.05, 0) is 35.9 Å². The van der Waals surface area contributed by atoms with Crippen molar-refractivity contribution < 1.29 is 17.9 Å². The van der Waals surface area contributed by atoms with Crippen LogP contribution in [-0.2, 0) is 14.6 Å². The molecule has 10 nitrogen and oxygen atoms in total. The van der Waals surface area contributed by atoms with Gasteiger partial charge in [-0.15, -0.1) is 21.5 Å². The second kappa shape index (κ2) is 8.62. The number of hydrogen-bond donors (Lipinski definition) is 2. The van der Waals surface area contributed by atoms with Gasteiger partial charge in [0.25, 0.3) is 5.82 Å². The van der Waals surface area contributed by atoms with Crippen LogP contribution in [0.3, 0.4) is 0 Å². The normalized spacial score (nSPS) is 11.2. The van der Waals surface area contributed by atoms with E-state index in [1.54, 1.807) is 0 Å². The van der Waals surface area contributed by atoms with E-state index in [2.05, 4.69) is 25.3 Å². The van der Waals surface area contributed by atoms with Gasteiger partial charge >= 0.3 is 5.91 Å². The van der Waals surface area contributed by atoms with Gasteiger partial charge in [0.15, 0.2) is 15.7 Å². The summed E-state index contributed by atoms with van der Waals surface area (Å²) in [6.45, 7) is 9.01. The number of carbonyl (C=O) groups is 1. The Morgan fingerprint density at radius 1 is 1.27 bits per heavy atom. The number of nitrogens with zero attached hydrogens (tertiary/aromatic N) is 4. The van der Waals surface area contributed by atoms with Gasteiger partial charge < -0.3 is 10.2 Å². The van der Waals surface area contributed by atoms with Crippen molar-refractivity contribution in [3.63, 3.8) is 0 Å². The zero-order valence-corrected chi connectivity index (χ0v) is 19.1. The third-order valence-electron chi connectivity index (χ3n) is 4.46. The largest absolute Gasteiger partial charge is 0.711 e. The average molecular weight is 501 g/mol. The number of carbonyl (C=O) groups excluding carboxylic acids is 1. The van der Waals surface area contributed by atoms with Gasteiger partial charge in [-0.3, -0.25) is 0 Å². The number of benzene rings is 1. The van der Waals surface area contributed by atoms with Crippen molar-refractivity contribution in [1.82, 2.24) is 15.2 Å². The van der Waals surface area contributed by atoms with E-state index in [-0.39, 0.29) is 36.9 Å². The number of aromatic nitrogens is 4. The number of amides is 1. The highest BCUT2D eigenvalue weighted by Crippen LogP contribution is 2.50. The predicted molar refractivity (Wildman–Crippen MR) is 122 cm³/mol.